The lowest BCUT2D eigenvalue weighted by Gasteiger charge is -2.17. The molecule has 0 radical (unpaired) electrons. The van der Waals surface area contributed by atoms with Gasteiger partial charge in [0.25, 0.3) is 0 Å². The maximum Gasteiger partial charge on any atom is 0.242 e. The summed E-state index contributed by atoms with van der Waals surface area (Å²) < 4.78 is 26.1. The fourth-order valence-electron chi connectivity index (χ4n) is 1.84. The zero-order chi connectivity index (χ0) is 15.3. The van der Waals surface area contributed by atoms with Crippen molar-refractivity contribution in [3.63, 3.8) is 0 Å². The van der Waals surface area contributed by atoms with Gasteiger partial charge in [0.2, 0.25) is 10.0 Å². The Balaban J connectivity index is 2.13. The summed E-state index contributed by atoms with van der Waals surface area (Å²) in [5.41, 5.74) is 1.17. The predicted molar refractivity (Wildman–Crippen MR) is 78.9 cm³/mol. The van der Waals surface area contributed by atoms with E-state index < -0.39 is 10.0 Å². The second-order valence-electron chi connectivity index (χ2n) is 4.54. The van der Waals surface area contributed by atoms with E-state index in [1.165, 1.54) is 23.5 Å². The summed E-state index contributed by atoms with van der Waals surface area (Å²) in [5, 5.41) is 8.85. The second-order valence-corrected chi connectivity index (χ2v) is 6.58. The number of hydrogen-bond acceptors (Lipinski definition) is 4. The number of rotatable bonds is 5. The van der Waals surface area contributed by atoms with Crippen LogP contribution in [0.1, 0.15) is 11.3 Å². The largest absolute Gasteiger partial charge is 0.261 e. The van der Waals surface area contributed by atoms with Crippen LogP contribution in [0.15, 0.2) is 53.6 Å². The fraction of sp³-hybridized carbons (Fsp3) is 0.200. The third-order valence-electron chi connectivity index (χ3n) is 3.08. The van der Waals surface area contributed by atoms with Gasteiger partial charge in [-0.25, -0.2) is 12.7 Å². The van der Waals surface area contributed by atoms with Gasteiger partial charge in [0, 0.05) is 31.9 Å². The van der Waals surface area contributed by atoms with Crippen LogP contribution in [-0.4, -0.2) is 31.3 Å². The Morgan fingerprint density at radius 2 is 2.05 bits per heavy atom. The Morgan fingerprint density at radius 1 is 1.24 bits per heavy atom. The zero-order valence-corrected chi connectivity index (χ0v) is 12.4. The normalized spacial score (nSPS) is 11.3. The smallest absolute Gasteiger partial charge is 0.242 e. The summed E-state index contributed by atoms with van der Waals surface area (Å²) in [5.74, 6) is 0. The van der Waals surface area contributed by atoms with Crippen molar-refractivity contribution in [3.05, 3.63) is 59.9 Å². The molecule has 1 aromatic heterocycles. The van der Waals surface area contributed by atoms with Crippen LogP contribution in [0.4, 0.5) is 0 Å². The van der Waals surface area contributed by atoms with E-state index in [-0.39, 0.29) is 4.90 Å². The first kappa shape index (κ1) is 15.2. The molecular weight excluding hydrogens is 286 g/mol. The van der Waals surface area contributed by atoms with Gasteiger partial charge in [-0.2, -0.15) is 5.26 Å². The number of sulfonamides is 1. The van der Waals surface area contributed by atoms with E-state index in [0.717, 1.165) is 5.69 Å². The molecule has 0 saturated carbocycles. The maximum atomic E-state index is 12.4. The molecule has 0 fully saturated rings. The Labute approximate surface area is 124 Å². The van der Waals surface area contributed by atoms with Gasteiger partial charge in [0.1, 0.15) is 0 Å². The van der Waals surface area contributed by atoms with Gasteiger partial charge in [-0.05, 0) is 30.3 Å². The summed E-state index contributed by atoms with van der Waals surface area (Å²) in [6.45, 7) is 0.329. The number of pyridine rings is 1. The molecule has 0 amide bonds. The topological polar surface area (TPSA) is 74.1 Å². The highest BCUT2D eigenvalue weighted by atomic mass is 32.2. The van der Waals surface area contributed by atoms with Crippen LogP contribution in [0.2, 0.25) is 0 Å². The van der Waals surface area contributed by atoms with E-state index in [2.05, 4.69) is 4.98 Å². The van der Waals surface area contributed by atoms with E-state index in [4.69, 9.17) is 5.26 Å². The van der Waals surface area contributed by atoms with Gasteiger partial charge in [-0.3, -0.25) is 4.98 Å². The van der Waals surface area contributed by atoms with Crippen LogP contribution in [0.3, 0.4) is 0 Å². The molecule has 108 valence electrons. The highest BCUT2D eigenvalue weighted by molar-refractivity contribution is 7.89. The van der Waals surface area contributed by atoms with Crippen molar-refractivity contribution in [1.29, 1.82) is 5.26 Å². The van der Waals surface area contributed by atoms with Crippen molar-refractivity contribution in [3.8, 4) is 6.07 Å². The highest BCUT2D eigenvalue weighted by Gasteiger charge is 2.20. The van der Waals surface area contributed by atoms with Crippen molar-refractivity contribution in [2.75, 3.05) is 13.6 Å². The van der Waals surface area contributed by atoms with Crippen LogP contribution in [-0.2, 0) is 16.4 Å². The minimum Gasteiger partial charge on any atom is -0.261 e. The van der Waals surface area contributed by atoms with Crippen molar-refractivity contribution < 1.29 is 8.42 Å². The lowest BCUT2D eigenvalue weighted by atomic mass is 10.2. The van der Waals surface area contributed by atoms with E-state index >= 15 is 0 Å². The van der Waals surface area contributed by atoms with Crippen LogP contribution in [0, 0.1) is 11.3 Å². The van der Waals surface area contributed by atoms with Crippen LogP contribution in [0.5, 0.6) is 0 Å². The first-order chi connectivity index (χ1) is 10.0. The van der Waals surface area contributed by atoms with Gasteiger partial charge >= 0.3 is 0 Å². The van der Waals surface area contributed by atoms with Crippen molar-refractivity contribution in [2.24, 2.45) is 0 Å². The van der Waals surface area contributed by atoms with Crippen molar-refractivity contribution in [2.45, 2.75) is 11.3 Å². The summed E-state index contributed by atoms with van der Waals surface area (Å²) in [4.78, 5) is 4.30. The number of benzene rings is 1. The first-order valence-electron chi connectivity index (χ1n) is 6.40. The minimum absolute atomic E-state index is 0.130. The third kappa shape index (κ3) is 3.66. The van der Waals surface area contributed by atoms with Crippen molar-refractivity contribution in [1.82, 2.24) is 9.29 Å². The zero-order valence-electron chi connectivity index (χ0n) is 11.6. The Morgan fingerprint density at radius 3 is 2.71 bits per heavy atom. The van der Waals surface area contributed by atoms with E-state index in [9.17, 15) is 8.42 Å². The lowest BCUT2D eigenvalue weighted by Crippen LogP contribution is -2.29. The van der Waals surface area contributed by atoms with Crippen LogP contribution >= 0.6 is 0 Å². The highest BCUT2D eigenvalue weighted by Crippen LogP contribution is 2.16. The molecule has 5 nitrogen and oxygen atoms in total. The monoisotopic (exact) mass is 301 g/mol. The quantitative estimate of drug-likeness (QED) is 0.844. The molecule has 0 unspecified atom stereocenters. The van der Waals surface area contributed by atoms with Gasteiger partial charge in [-0.15, -0.1) is 0 Å². The number of aromatic nitrogens is 1. The Kier molecular flexibility index (Phi) is 4.68. The van der Waals surface area contributed by atoms with Crippen LogP contribution < -0.4 is 0 Å². The molecule has 2 aromatic rings. The summed E-state index contributed by atoms with van der Waals surface area (Å²) in [7, 11) is -2.06. The summed E-state index contributed by atoms with van der Waals surface area (Å²) >= 11 is 0. The molecule has 0 N–H and O–H groups in total. The molecule has 0 saturated heterocycles. The molecule has 1 aromatic carbocycles. The number of likely N-dealkylation sites (N-methyl/N-ethyl adjacent to an activating group) is 1. The summed E-state index contributed by atoms with van der Waals surface area (Å²) in [6, 6.07) is 13.5. The molecule has 0 atom stereocenters. The molecule has 0 aliphatic heterocycles. The van der Waals surface area contributed by atoms with Gasteiger partial charge < -0.3 is 0 Å². The Bertz CT molecular complexity index is 752. The summed E-state index contributed by atoms with van der Waals surface area (Å²) in [6.07, 6.45) is 2.22. The lowest BCUT2D eigenvalue weighted by molar-refractivity contribution is 0.471. The average molecular weight is 301 g/mol. The number of nitriles is 1. The molecule has 1 heterocycles. The van der Waals surface area contributed by atoms with E-state index in [1.807, 2.05) is 24.3 Å². The maximum absolute atomic E-state index is 12.4. The third-order valence-corrected chi connectivity index (χ3v) is 4.93. The van der Waals surface area contributed by atoms with Crippen LogP contribution in [0.25, 0.3) is 0 Å². The average Bonchev–Trinajstić information content (AvgIpc) is 2.53. The molecule has 0 bridgehead atoms. The number of hydrogen-bond donors (Lipinski definition) is 0. The molecule has 0 aliphatic rings. The second kappa shape index (κ2) is 6.48. The molecule has 6 heteroatoms. The number of nitrogens with zero attached hydrogens (tertiary/aromatic N) is 3. The fourth-order valence-corrected chi connectivity index (χ4v) is 3.06. The van der Waals surface area contributed by atoms with E-state index in [1.54, 1.807) is 18.3 Å². The SMILES string of the molecule is CN(CCc1ccccn1)S(=O)(=O)c1cccc(C#N)c1. The van der Waals surface area contributed by atoms with E-state index in [0.29, 0.717) is 18.5 Å². The standard InChI is InChI=1S/C15H15N3O2S/c1-18(10-8-14-6-2-3-9-17-14)21(19,20)15-7-4-5-13(11-15)12-16/h2-7,9,11H,8,10H2,1H3. The minimum atomic E-state index is -3.59. The van der Waals surface area contributed by atoms with Gasteiger partial charge in [0.15, 0.2) is 0 Å². The molecule has 21 heavy (non-hydrogen) atoms. The molecule has 2 rings (SSSR count). The molecule has 0 aliphatic carbocycles. The van der Waals surface area contributed by atoms with Gasteiger partial charge in [0.05, 0.1) is 16.5 Å². The predicted octanol–water partition coefficient (Wildman–Crippen LogP) is 1.82. The Hall–Kier alpha value is -2.23. The first-order valence-corrected chi connectivity index (χ1v) is 7.84. The van der Waals surface area contributed by atoms with Gasteiger partial charge in [-0.1, -0.05) is 12.1 Å². The molecule has 0 spiro atoms. The van der Waals surface area contributed by atoms with Crippen molar-refractivity contribution >= 4 is 10.0 Å². The molecular formula is C15H15N3O2S.